The van der Waals surface area contributed by atoms with Crippen molar-refractivity contribution in [1.29, 1.82) is 0 Å². The summed E-state index contributed by atoms with van der Waals surface area (Å²) in [5, 5.41) is 4.50. The molecule has 0 bridgehead atoms. The fraction of sp³-hybridized carbons (Fsp3) is 0.769. The van der Waals surface area contributed by atoms with Gasteiger partial charge in [0, 0.05) is 25.7 Å². The number of nitrogens with zero attached hydrogens (tertiary/aromatic N) is 3. The number of aryl methyl sites for hydroxylation is 2. The van der Waals surface area contributed by atoms with Crippen molar-refractivity contribution < 1.29 is 0 Å². The summed E-state index contributed by atoms with van der Waals surface area (Å²) < 4.78 is 2.10. The van der Waals surface area contributed by atoms with Crippen molar-refractivity contribution in [2.24, 2.45) is 11.7 Å². The molecule has 2 rings (SSSR count). The lowest BCUT2D eigenvalue weighted by Crippen LogP contribution is -2.38. The van der Waals surface area contributed by atoms with Crippen LogP contribution in [0.5, 0.6) is 0 Å². The van der Waals surface area contributed by atoms with Gasteiger partial charge in [-0.15, -0.1) is 0 Å². The van der Waals surface area contributed by atoms with Crippen LogP contribution in [0, 0.1) is 12.8 Å². The van der Waals surface area contributed by atoms with E-state index in [0.29, 0.717) is 6.04 Å². The van der Waals surface area contributed by atoms with Gasteiger partial charge in [0.25, 0.3) is 0 Å². The molecule has 1 aromatic heterocycles. The summed E-state index contributed by atoms with van der Waals surface area (Å²) in [4.78, 5) is 2.51. The zero-order chi connectivity index (χ0) is 12.4. The SMILES string of the molecule is CCn1nc(C)cc1CN1CCC(C)C1CN. The summed E-state index contributed by atoms with van der Waals surface area (Å²) in [6.45, 7) is 10.4. The summed E-state index contributed by atoms with van der Waals surface area (Å²) in [5.74, 6) is 0.721. The molecule has 0 radical (unpaired) electrons. The van der Waals surface area contributed by atoms with Crippen molar-refractivity contribution in [2.45, 2.75) is 46.3 Å². The van der Waals surface area contributed by atoms with Crippen molar-refractivity contribution in [3.05, 3.63) is 17.5 Å². The molecule has 0 saturated carbocycles. The Kier molecular flexibility index (Phi) is 3.84. The third kappa shape index (κ3) is 2.53. The monoisotopic (exact) mass is 236 g/mol. The lowest BCUT2D eigenvalue weighted by atomic mass is 10.0. The Balaban J connectivity index is 2.09. The minimum Gasteiger partial charge on any atom is -0.329 e. The van der Waals surface area contributed by atoms with Crippen molar-refractivity contribution in [3.8, 4) is 0 Å². The average Bonchev–Trinajstić information content (AvgIpc) is 2.83. The standard InChI is InChI=1S/C13H24N4/c1-4-17-12(7-11(3)15-17)9-16-6-5-10(2)13(16)8-14/h7,10,13H,4-6,8-9,14H2,1-3H3. The number of likely N-dealkylation sites (tertiary alicyclic amines) is 1. The molecule has 2 unspecified atom stereocenters. The molecule has 1 fully saturated rings. The fourth-order valence-corrected chi connectivity index (χ4v) is 2.87. The van der Waals surface area contributed by atoms with Crippen LogP contribution in [0.15, 0.2) is 6.07 Å². The molecule has 0 amide bonds. The summed E-state index contributed by atoms with van der Waals surface area (Å²) in [6, 6.07) is 2.73. The minimum absolute atomic E-state index is 0.538. The first-order valence-corrected chi connectivity index (χ1v) is 6.63. The molecule has 1 saturated heterocycles. The van der Waals surface area contributed by atoms with E-state index < -0.39 is 0 Å². The number of hydrogen-bond donors (Lipinski definition) is 1. The Hall–Kier alpha value is -0.870. The van der Waals surface area contributed by atoms with Crippen molar-refractivity contribution >= 4 is 0 Å². The van der Waals surface area contributed by atoms with Gasteiger partial charge in [-0.05, 0) is 38.8 Å². The van der Waals surface area contributed by atoms with Crippen LogP contribution in [0.1, 0.15) is 31.7 Å². The first-order chi connectivity index (χ1) is 8.15. The van der Waals surface area contributed by atoms with E-state index >= 15 is 0 Å². The smallest absolute Gasteiger partial charge is 0.0597 e. The number of hydrogen-bond acceptors (Lipinski definition) is 3. The zero-order valence-corrected chi connectivity index (χ0v) is 11.2. The van der Waals surface area contributed by atoms with E-state index in [1.165, 1.54) is 12.1 Å². The third-order valence-corrected chi connectivity index (χ3v) is 3.89. The van der Waals surface area contributed by atoms with Crippen LogP contribution in [0.3, 0.4) is 0 Å². The number of nitrogens with two attached hydrogens (primary N) is 1. The Morgan fingerprint density at radius 1 is 1.53 bits per heavy atom. The van der Waals surface area contributed by atoms with Gasteiger partial charge in [-0.2, -0.15) is 5.10 Å². The molecule has 0 aliphatic carbocycles. The Bertz CT molecular complexity index is 371. The Morgan fingerprint density at radius 3 is 2.94 bits per heavy atom. The maximum absolute atomic E-state index is 5.88. The maximum atomic E-state index is 5.88. The molecule has 96 valence electrons. The van der Waals surface area contributed by atoms with E-state index in [2.05, 4.69) is 41.5 Å². The molecule has 2 heterocycles. The second-order valence-electron chi connectivity index (χ2n) is 5.13. The van der Waals surface area contributed by atoms with Crippen LogP contribution < -0.4 is 5.73 Å². The quantitative estimate of drug-likeness (QED) is 0.859. The van der Waals surface area contributed by atoms with Crippen LogP contribution in [-0.2, 0) is 13.1 Å². The van der Waals surface area contributed by atoms with Crippen molar-refractivity contribution in [2.75, 3.05) is 13.1 Å². The van der Waals surface area contributed by atoms with Crippen LogP contribution in [-0.4, -0.2) is 33.8 Å². The van der Waals surface area contributed by atoms with Gasteiger partial charge in [-0.1, -0.05) is 6.92 Å². The van der Waals surface area contributed by atoms with E-state index in [-0.39, 0.29) is 0 Å². The second kappa shape index (κ2) is 5.19. The van der Waals surface area contributed by atoms with Crippen molar-refractivity contribution in [3.63, 3.8) is 0 Å². The van der Waals surface area contributed by atoms with E-state index in [9.17, 15) is 0 Å². The van der Waals surface area contributed by atoms with Gasteiger partial charge in [0.1, 0.15) is 0 Å². The van der Waals surface area contributed by atoms with Gasteiger partial charge in [-0.3, -0.25) is 9.58 Å². The second-order valence-corrected chi connectivity index (χ2v) is 5.13. The highest BCUT2D eigenvalue weighted by Gasteiger charge is 2.30. The van der Waals surface area contributed by atoms with Crippen LogP contribution in [0.25, 0.3) is 0 Å². The summed E-state index contributed by atoms with van der Waals surface area (Å²) >= 11 is 0. The predicted molar refractivity (Wildman–Crippen MR) is 69.7 cm³/mol. The van der Waals surface area contributed by atoms with Gasteiger partial charge < -0.3 is 5.73 Å². The lowest BCUT2D eigenvalue weighted by Gasteiger charge is -2.25. The highest BCUT2D eigenvalue weighted by atomic mass is 15.3. The van der Waals surface area contributed by atoms with Crippen molar-refractivity contribution in [1.82, 2.24) is 14.7 Å². The molecule has 4 heteroatoms. The summed E-state index contributed by atoms with van der Waals surface area (Å²) in [5.41, 5.74) is 8.31. The first kappa shape index (κ1) is 12.6. The molecule has 2 N–H and O–H groups in total. The van der Waals surface area contributed by atoms with Gasteiger partial charge in [-0.25, -0.2) is 0 Å². The molecule has 2 atom stereocenters. The fourth-order valence-electron chi connectivity index (χ4n) is 2.87. The third-order valence-electron chi connectivity index (χ3n) is 3.89. The molecule has 1 aliphatic heterocycles. The van der Waals surface area contributed by atoms with E-state index in [0.717, 1.165) is 37.8 Å². The predicted octanol–water partition coefficient (Wildman–Crippen LogP) is 1.38. The molecular formula is C13H24N4. The normalized spacial score (nSPS) is 25.6. The Morgan fingerprint density at radius 2 is 2.29 bits per heavy atom. The largest absolute Gasteiger partial charge is 0.329 e. The van der Waals surface area contributed by atoms with Gasteiger partial charge in [0.05, 0.1) is 11.4 Å². The number of rotatable bonds is 4. The molecule has 4 nitrogen and oxygen atoms in total. The highest BCUT2D eigenvalue weighted by molar-refractivity contribution is 5.09. The molecule has 0 spiro atoms. The van der Waals surface area contributed by atoms with E-state index in [1.807, 2.05) is 0 Å². The minimum atomic E-state index is 0.538. The lowest BCUT2D eigenvalue weighted by molar-refractivity contribution is 0.222. The molecule has 0 aromatic carbocycles. The van der Waals surface area contributed by atoms with Gasteiger partial charge in [0.15, 0.2) is 0 Å². The van der Waals surface area contributed by atoms with Crippen LogP contribution >= 0.6 is 0 Å². The maximum Gasteiger partial charge on any atom is 0.0597 e. The Labute approximate surface area is 104 Å². The molecule has 17 heavy (non-hydrogen) atoms. The van der Waals surface area contributed by atoms with E-state index in [4.69, 9.17) is 5.73 Å². The number of aromatic nitrogens is 2. The van der Waals surface area contributed by atoms with E-state index in [1.54, 1.807) is 0 Å². The molecule has 1 aromatic rings. The highest BCUT2D eigenvalue weighted by Crippen LogP contribution is 2.25. The zero-order valence-electron chi connectivity index (χ0n) is 11.2. The summed E-state index contributed by atoms with van der Waals surface area (Å²) in [6.07, 6.45) is 1.26. The average molecular weight is 236 g/mol. The first-order valence-electron chi connectivity index (χ1n) is 6.63. The summed E-state index contributed by atoms with van der Waals surface area (Å²) in [7, 11) is 0. The topological polar surface area (TPSA) is 47.1 Å². The van der Waals surface area contributed by atoms with Crippen LogP contribution in [0.2, 0.25) is 0 Å². The van der Waals surface area contributed by atoms with Gasteiger partial charge >= 0.3 is 0 Å². The molecule has 1 aliphatic rings. The van der Waals surface area contributed by atoms with Gasteiger partial charge in [0.2, 0.25) is 0 Å². The molecular weight excluding hydrogens is 212 g/mol. The van der Waals surface area contributed by atoms with Crippen LogP contribution in [0.4, 0.5) is 0 Å².